The summed E-state index contributed by atoms with van der Waals surface area (Å²) < 4.78 is 5.28. The van der Waals surface area contributed by atoms with Crippen LogP contribution in [0.25, 0.3) is 11.5 Å². The molecule has 0 bridgehead atoms. The van der Waals surface area contributed by atoms with Crippen LogP contribution < -0.4 is 5.32 Å². The van der Waals surface area contributed by atoms with Gasteiger partial charge in [0, 0.05) is 18.5 Å². The summed E-state index contributed by atoms with van der Waals surface area (Å²) in [4.78, 5) is 31.1. The molecule has 1 fully saturated rings. The zero-order valence-electron chi connectivity index (χ0n) is 12.5. The second kappa shape index (κ2) is 6.21. The fourth-order valence-electron chi connectivity index (χ4n) is 2.44. The lowest BCUT2D eigenvalue weighted by molar-refractivity contribution is -0.123. The van der Waals surface area contributed by atoms with E-state index in [2.05, 4.69) is 10.3 Å². The van der Waals surface area contributed by atoms with Crippen molar-refractivity contribution in [1.82, 2.24) is 9.88 Å². The van der Waals surface area contributed by atoms with Gasteiger partial charge in [-0.1, -0.05) is 6.07 Å². The molecule has 0 atom stereocenters. The molecule has 0 radical (unpaired) electrons. The quantitative estimate of drug-likeness (QED) is 0.776. The number of carbonyl (C=O) groups excluding carboxylic acids is 2. The Morgan fingerprint density at radius 1 is 1.25 bits per heavy atom. The number of amides is 2. The number of thiazole rings is 1. The van der Waals surface area contributed by atoms with E-state index >= 15 is 0 Å². The van der Waals surface area contributed by atoms with E-state index in [-0.39, 0.29) is 17.7 Å². The zero-order valence-corrected chi connectivity index (χ0v) is 14.1. The smallest absolute Gasteiger partial charge is 0.263 e. The first kappa shape index (κ1) is 15.1. The van der Waals surface area contributed by atoms with Gasteiger partial charge in [0.15, 0.2) is 10.9 Å². The van der Waals surface area contributed by atoms with Crippen LogP contribution in [0, 0.1) is 5.92 Å². The monoisotopic (exact) mass is 359 g/mol. The van der Waals surface area contributed by atoms with Crippen molar-refractivity contribution in [1.29, 1.82) is 0 Å². The standard InChI is InChI=1S/C16H13N3O3S2/c20-14(10-7-19(8-10)15(21)13-4-2-6-23-13)18-16-17-11(9-24-16)12-3-1-5-22-12/h1-6,9-10H,7-8H2,(H,17,18,20). The first-order valence-electron chi connectivity index (χ1n) is 7.34. The lowest BCUT2D eigenvalue weighted by Gasteiger charge is -2.37. The minimum absolute atomic E-state index is 0.0107. The molecule has 6 nitrogen and oxygen atoms in total. The molecule has 8 heteroatoms. The largest absolute Gasteiger partial charge is 0.463 e. The number of furan rings is 1. The molecule has 0 saturated carbocycles. The van der Waals surface area contributed by atoms with E-state index in [0.717, 1.165) is 0 Å². The van der Waals surface area contributed by atoms with Crippen LogP contribution >= 0.6 is 22.7 Å². The molecule has 3 aromatic heterocycles. The highest BCUT2D eigenvalue weighted by Crippen LogP contribution is 2.27. The minimum atomic E-state index is -0.190. The zero-order chi connectivity index (χ0) is 16.5. The van der Waals surface area contributed by atoms with Crippen LogP contribution in [0.2, 0.25) is 0 Å². The van der Waals surface area contributed by atoms with Gasteiger partial charge < -0.3 is 14.6 Å². The number of aromatic nitrogens is 1. The average Bonchev–Trinajstić information content (AvgIpc) is 3.27. The Morgan fingerprint density at radius 3 is 2.83 bits per heavy atom. The molecule has 0 aromatic carbocycles. The maximum absolute atomic E-state index is 12.2. The highest BCUT2D eigenvalue weighted by Gasteiger charge is 2.36. The fourth-order valence-corrected chi connectivity index (χ4v) is 3.84. The van der Waals surface area contributed by atoms with Crippen molar-refractivity contribution in [3.8, 4) is 11.5 Å². The van der Waals surface area contributed by atoms with E-state index < -0.39 is 0 Å². The van der Waals surface area contributed by atoms with Gasteiger partial charge in [-0.25, -0.2) is 4.98 Å². The Hall–Kier alpha value is -2.45. The van der Waals surface area contributed by atoms with Crippen molar-refractivity contribution in [2.24, 2.45) is 5.92 Å². The van der Waals surface area contributed by atoms with Gasteiger partial charge in [0.05, 0.1) is 17.1 Å². The molecule has 1 saturated heterocycles. The summed E-state index contributed by atoms with van der Waals surface area (Å²) in [5.41, 5.74) is 0.698. The fraction of sp³-hybridized carbons (Fsp3) is 0.188. The Kier molecular flexibility index (Phi) is 3.91. The molecule has 0 spiro atoms. The molecule has 4 rings (SSSR count). The molecule has 1 aliphatic rings. The highest BCUT2D eigenvalue weighted by atomic mass is 32.1. The van der Waals surface area contributed by atoms with Gasteiger partial charge in [-0.15, -0.1) is 22.7 Å². The van der Waals surface area contributed by atoms with Gasteiger partial charge in [0.1, 0.15) is 5.69 Å². The van der Waals surface area contributed by atoms with Gasteiger partial charge in [-0.05, 0) is 23.6 Å². The summed E-state index contributed by atoms with van der Waals surface area (Å²) in [6.45, 7) is 0.887. The van der Waals surface area contributed by atoms with E-state index in [1.165, 1.54) is 22.7 Å². The molecule has 2 amide bonds. The Balaban J connectivity index is 1.33. The van der Waals surface area contributed by atoms with Crippen LogP contribution in [0.5, 0.6) is 0 Å². The number of hydrogen-bond acceptors (Lipinski definition) is 6. The van der Waals surface area contributed by atoms with E-state index in [4.69, 9.17) is 4.42 Å². The molecular weight excluding hydrogens is 346 g/mol. The number of carbonyl (C=O) groups is 2. The third-order valence-corrected chi connectivity index (χ3v) is 5.40. The summed E-state index contributed by atoms with van der Waals surface area (Å²) in [5, 5.41) is 7.05. The van der Waals surface area contributed by atoms with Crippen LogP contribution in [-0.4, -0.2) is 34.8 Å². The SMILES string of the molecule is O=C(Nc1nc(-c2ccco2)cs1)C1CN(C(=O)c2cccs2)C1. The number of anilines is 1. The number of hydrogen-bond donors (Lipinski definition) is 1. The predicted octanol–water partition coefficient (Wildman–Crippen LogP) is 3.18. The summed E-state index contributed by atoms with van der Waals surface area (Å²) in [6.07, 6.45) is 1.58. The number of nitrogens with one attached hydrogen (secondary N) is 1. The van der Waals surface area contributed by atoms with Crippen molar-refractivity contribution in [3.05, 3.63) is 46.2 Å². The number of thiophene rings is 1. The summed E-state index contributed by atoms with van der Waals surface area (Å²) in [6, 6.07) is 7.26. The van der Waals surface area contributed by atoms with Crippen LogP contribution in [0.4, 0.5) is 5.13 Å². The lowest BCUT2D eigenvalue weighted by atomic mass is 9.99. The number of nitrogens with zero attached hydrogens (tertiary/aromatic N) is 2. The van der Waals surface area contributed by atoms with Gasteiger partial charge in [-0.3, -0.25) is 9.59 Å². The maximum Gasteiger partial charge on any atom is 0.263 e. The molecule has 24 heavy (non-hydrogen) atoms. The molecular formula is C16H13N3O3S2. The third-order valence-electron chi connectivity index (χ3n) is 3.78. The molecule has 1 aliphatic heterocycles. The summed E-state index contributed by atoms with van der Waals surface area (Å²) in [5.74, 6) is 0.363. The molecule has 3 aromatic rings. The first-order valence-corrected chi connectivity index (χ1v) is 9.09. The maximum atomic E-state index is 12.2. The van der Waals surface area contributed by atoms with Crippen molar-refractivity contribution in [2.75, 3.05) is 18.4 Å². The van der Waals surface area contributed by atoms with E-state index in [0.29, 0.717) is 34.6 Å². The number of likely N-dealkylation sites (tertiary alicyclic amines) is 1. The third kappa shape index (κ3) is 2.85. The van der Waals surface area contributed by atoms with E-state index in [1.54, 1.807) is 23.3 Å². The average molecular weight is 359 g/mol. The second-order valence-corrected chi connectivity index (χ2v) is 7.19. The summed E-state index contributed by atoms with van der Waals surface area (Å²) in [7, 11) is 0. The predicted molar refractivity (Wildman–Crippen MR) is 92.2 cm³/mol. The van der Waals surface area contributed by atoms with Crippen LogP contribution in [-0.2, 0) is 4.79 Å². The molecule has 0 aliphatic carbocycles. The second-order valence-electron chi connectivity index (χ2n) is 5.39. The van der Waals surface area contributed by atoms with E-state index in [1.807, 2.05) is 22.9 Å². The minimum Gasteiger partial charge on any atom is -0.463 e. The molecule has 0 unspecified atom stereocenters. The highest BCUT2D eigenvalue weighted by molar-refractivity contribution is 7.14. The van der Waals surface area contributed by atoms with Gasteiger partial charge in [-0.2, -0.15) is 0 Å². The van der Waals surface area contributed by atoms with Gasteiger partial charge in [0.2, 0.25) is 5.91 Å². The Bertz CT molecular complexity index is 849. The van der Waals surface area contributed by atoms with E-state index in [9.17, 15) is 9.59 Å². The van der Waals surface area contributed by atoms with Crippen molar-refractivity contribution < 1.29 is 14.0 Å². The Morgan fingerprint density at radius 2 is 2.12 bits per heavy atom. The van der Waals surface area contributed by atoms with Crippen LogP contribution in [0.15, 0.2) is 45.7 Å². The normalized spacial score (nSPS) is 14.4. The van der Waals surface area contributed by atoms with Crippen molar-refractivity contribution in [3.63, 3.8) is 0 Å². The molecule has 4 heterocycles. The van der Waals surface area contributed by atoms with Gasteiger partial charge in [0.25, 0.3) is 5.91 Å². The lowest BCUT2D eigenvalue weighted by Crippen LogP contribution is -2.54. The molecule has 1 N–H and O–H groups in total. The Labute approximate surface area is 145 Å². The van der Waals surface area contributed by atoms with Crippen molar-refractivity contribution in [2.45, 2.75) is 0 Å². The summed E-state index contributed by atoms with van der Waals surface area (Å²) >= 11 is 2.76. The van der Waals surface area contributed by atoms with Gasteiger partial charge >= 0.3 is 0 Å². The number of rotatable bonds is 4. The topological polar surface area (TPSA) is 75.4 Å². The van der Waals surface area contributed by atoms with Crippen LogP contribution in [0.1, 0.15) is 9.67 Å². The molecule has 122 valence electrons. The van der Waals surface area contributed by atoms with Crippen LogP contribution in [0.3, 0.4) is 0 Å². The van der Waals surface area contributed by atoms with Crippen molar-refractivity contribution >= 4 is 39.6 Å². The first-order chi connectivity index (χ1) is 11.7.